The lowest BCUT2D eigenvalue weighted by molar-refractivity contribution is -0.104. The molecule has 3 nitrogen and oxygen atoms in total. The molecule has 0 heterocycles. The second-order valence-electron chi connectivity index (χ2n) is 4.43. The Labute approximate surface area is 107 Å². The summed E-state index contributed by atoms with van der Waals surface area (Å²) in [5, 5.41) is 0. The Bertz CT molecular complexity index is 431. The van der Waals surface area contributed by atoms with Gasteiger partial charge in [-0.3, -0.25) is 4.79 Å². The third kappa shape index (κ3) is 3.13. The molecular weight excluding hydrogens is 228 g/mol. The van der Waals surface area contributed by atoms with Crippen LogP contribution in [-0.2, 0) is 4.79 Å². The van der Waals surface area contributed by atoms with Crippen LogP contribution in [0.2, 0.25) is 0 Å². The average Bonchev–Trinajstić information content (AvgIpc) is 2.89. The minimum absolute atomic E-state index is 0.296. The molecule has 1 aromatic carbocycles. The number of methoxy groups -OCH3 is 1. The van der Waals surface area contributed by atoms with Gasteiger partial charge in [0.25, 0.3) is 0 Å². The second-order valence-corrected chi connectivity index (χ2v) is 4.43. The van der Waals surface area contributed by atoms with E-state index in [0.29, 0.717) is 6.10 Å². The number of hydrogen-bond donors (Lipinski definition) is 0. The fraction of sp³-hybridized carbons (Fsp3) is 0.400. The second kappa shape index (κ2) is 6.24. The molecule has 18 heavy (non-hydrogen) atoms. The molecule has 1 aromatic rings. The SMILES string of the molecule is COc1ccc(C=CC=O)cc1OC1CCCC1. The Morgan fingerprint density at radius 3 is 2.67 bits per heavy atom. The maximum atomic E-state index is 10.3. The zero-order valence-corrected chi connectivity index (χ0v) is 10.6. The first kappa shape index (κ1) is 12.7. The normalized spacial score (nSPS) is 16.1. The van der Waals surface area contributed by atoms with Crippen molar-refractivity contribution in [2.45, 2.75) is 31.8 Å². The summed E-state index contributed by atoms with van der Waals surface area (Å²) in [4.78, 5) is 10.3. The first-order chi connectivity index (χ1) is 8.83. The van der Waals surface area contributed by atoms with Crippen LogP contribution in [0.25, 0.3) is 6.08 Å². The molecular formula is C15H18O3. The van der Waals surface area contributed by atoms with Gasteiger partial charge in [-0.05, 0) is 49.5 Å². The van der Waals surface area contributed by atoms with E-state index >= 15 is 0 Å². The summed E-state index contributed by atoms with van der Waals surface area (Å²) in [6, 6.07) is 5.69. The fourth-order valence-corrected chi connectivity index (χ4v) is 2.23. The lowest BCUT2D eigenvalue weighted by Crippen LogP contribution is -2.11. The van der Waals surface area contributed by atoms with Crippen LogP contribution >= 0.6 is 0 Å². The van der Waals surface area contributed by atoms with Crippen LogP contribution in [0.3, 0.4) is 0 Å². The van der Waals surface area contributed by atoms with Crippen molar-refractivity contribution in [2.75, 3.05) is 7.11 Å². The van der Waals surface area contributed by atoms with Gasteiger partial charge in [-0.2, -0.15) is 0 Å². The summed E-state index contributed by atoms with van der Waals surface area (Å²) in [7, 11) is 1.64. The van der Waals surface area contributed by atoms with Gasteiger partial charge in [0.15, 0.2) is 11.5 Å². The molecule has 1 aliphatic carbocycles. The van der Waals surface area contributed by atoms with E-state index in [9.17, 15) is 4.79 Å². The molecule has 0 aromatic heterocycles. The minimum atomic E-state index is 0.296. The Hall–Kier alpha value is -1.77. The fourth-order valence-electron chi connectivity index (χ4n) is 2.23. The Kier molecular flexibility index (Phi) is 4.40. The first-order valence-electron chi connectivity index (χ1n) is 6.30. The number of rotatable bonds is 5. The maximum absolute atomic E-state index is 10.3. The molecule has 0 bridgehead atoms. The summed E-state index contributed by atoms with van der Waals surface area (Å²) in [6.07, 6.45) is 8.98. The minimum Gasteiger partial charge on any atom is -0.493 e. The number of aldehydes is 1. The van der Waals surface area contributed by atoms with Gasteiger partial charge < -0.3 is 9.47 Å². The maximum Gasteiger partial charge on any atom is 0.162 e. The number of hydrogen-bond acceptors (Lipinski definition) is 3. The summed E-state index contributed by atoms with van der Waals surface area (Å²) in [5.41, 5.74) is 0.941. The molecule has 1 saturated carbocycles. The van der Waals surface area contributed by atoms with Crippen LogP contribution in [0, 0.1) is 0 Å². The van der Waals surface area contributed by atoms with Crippen molar-refractivity contribution in [2.24, 2.45) is 0 Å². The highest BCUT2D eigenvalue weighted by Crippen LogP contribution is 2.32. The molecule has 0 spiro atoms. The van der Waals surface area contributed by atoms with E-state index in [0.717, 1.165) is 36.2 Å². The zero-order valence-electron chi connectivity index (χ0n) is 10.6. The van der Waals surface area contributed by atoms with Crippen LogP contribution in [0.4, 0.5) is 0 Å². The van der Waals surface area contributed by atoms with Crippen LogP contribution in [0.1, 0.15) is 31.2 Å². The monoisotopic (exact) mass is 246 g/mol. The summed E-state index contributed by atoms with van der Waals surface area (Å²) < 4.78 is 11.3. The molecule has 0 aliphatic heterocycles. The van der Waals surface area contributed by atoms with Crippen LogP contribution in [-0.4, -0.2) is 19.5 Å². The number of carbonyl (C=O) groups is 1. The van der Waals surface area contributed by atoms with E-state index in [4.69, 9.17) is 9.47 Å². The first-order valence-corrected chi connectivity index (χ1v) is 6.30. The summed E-state index contributed by atoms with van der Waals surface area (Å²) in [5.74, 6) is 1.50. The van der Waals surface area contributed by atoms with Crippen LogP contribution in [0.5, 0.6) is 11.5 Å². The molecule has 2 rings (SSSR count). The number of ether oxygens (including phenoxy) is 2. The molecule has 0 saturated heterocycles. The predicted molar refractivity (Wildman–Crippen MR) is 71.0 cm³/mol. The van der Waals surface area contributed by atoms with Crippen molar-refractivity contribution in [3.8, 4) is 11.5 Å². The van der Waals surface area contributed by atoms with Crippen molar-refractivity contribution in [1.82, 2.24) is 0 Å². The Balaban J connectivity index is 2.18. The third-order valence-electron chi connectivity index (χ3n) is 3.15. The van der Waals surface area contributed by atoms with E-state index in [1.54, 1.807) is 13.2 Å². The van der Waals surface area contributed by atoms with Gasteiger partial charge >= 0.3 is 0 Å². The highest BCUT2D eigenvalue weighted by atomic mass is 16.5. The lowest BCUT2D eigenvalue weighted by atomic mass is 10.2. The van der Waals surface area contributed by atoms with Crippen molar-refractivity contribution in [3.05, 3.63) is 29.8 Å². The molecule has 3 heteroatoms. The molecule has 1 aliphatic rings. The van der Waals surface area contributed by atoms with Crippen LogP contribution in [0.15, 0.2) is 24.3 Å². The average molecular weight is 246 g/mol. The highest BCUT2D eigenvalue weighted by Gasteiger charge is 2.18. The van der Waals surface area contributed by atoms with E-state index < -0.39 is 0 Å². The quantitative estimate of drug-likeness (QED) is 0.591. The topological polar surface area (TPSA) is 35.5 Å². The van der Waals surface area contributed by atoms with E-state index in [2.05, 4.69) is 0 Å². The standard InChI is InChI=1S/C15H18O3/c1-17-14-9-8-12(5-4-10-16)11-15(14)18-13-6-2-3-7-13/h4-5,8-11,13H,2-3,6-7H2,1H3. The zero-order chi connectivity index (χ0) is 12.8. The van der Waals surface area contributed by atoms with Crippen molar-refractivity contribution in [3.63, 3.8) is 0 Å². The van der Waals surface area contributed by atoms with Gasteiger partial charge in [0, 0.05) is 0 Å². The van der Waals surface area contributed by atoms with Crippen LogP contribution < -0.4 is 9.47 Å². The lowest BCUT2D eigenvalue weighted by Gasteiger charge is -2.16. The predicted octanol–water partition coefficient (Wildman–Crippen LogP) is 3.23. The van der Waals surface area contributed by atoms with Crippen molar-refractivity contribution in [1.29, 1.82) is 0 Å². The van der Waals surface area contributed by atoms with Crippen molar-refractivity contribution < 1.29 is 14.3 Å². The van der Waals surface area contributed by atoms with Gasteiger partial charge in [-0.1, -0.05) is 12.1 Å². The molecule has 0 N–H and O–H groups in total. The Morgan fingerprint density at radius 1 is 1.22 bits per heavy atom. The molecule has 0 radical (unpaired) electrons. The van der Waals surface area contributed by atoms with E-state index in [1.165, 1.54) is 18.9 Å². The molecule has 1 fully saturated rings. The Morgan fingerprint density at radius 2 is 2.00 bits per heavy atom. The van der Waals surface area contributed by atoms with E-state index in [1.807, 2.05) is 18.2 Å². The van der Waals surface area contributed by atoms with E-state index in [-0.39, 0.29) is 0 Å². The number of benzene rings is 1. The van der Waals surface area contributed by atoms with Crippen molar-refractivity contribution >= 4 is 12.4 Å². The van der Waals surface area contributed by atoms with Gasteiger partial charge in [-0.25, -0.2) is 0 Å². The summed E-state index contributed by atoms with van der Waals surface area (Å²) in [6.45, 7) is 0. The molecule has 96 valence electrons. The molecule has 0 atom stereocenters. The summed E-state index contributed by atoms with van der Waals surface area (Å²) >= 11 is 0. The van der Waals surface area contributed by atoms with Gasteiger partial charge in [0.05, 0.1) is 13.2 Å². The highest BCUT2D eigenvalue weighted by molar-refractivity contribution is 5.74. The molecule has 0 unspecified atom stereocenters. The van der Waals surface area contributed by atoms with Gasteiger partial charge in [0.2, 0.25) is 0 Å². The third-order valence-corrected chi connectivity index (χ3v) is 3.15. The smallest absolute Gasteiger partial charge is 0.162 e. The number of allylic oxidation sites excluding steroid dienone is 1. The number of carbonyl (C=O) groups excluding carboxylic acids is 1. The van der Waals surface area contributed by atoms with Gasteiger partial charge in [-0.15, -0.1) is 0 Å². The molecule has 0 amide bonds. The van der Waals surface area contributed by atoms with Gasteiger partial charge in [0.1, 0.15) is 6.29 Å². The largest absolute Gasteiger partial charge is 0.493 e.